The Morgan fingerprint density at radius 3 is 2.00 bits per heavy atom. The molecule has 0 amide bonds. The molecule has 1 aromatic rings. The van der Waals surface area contributed by atoms with Crippen LogP contribution >= 0.6 is 0 Å². The van der Waals surface area contributed by atoms with Gasteiger partial charge >= 0.3 is 11.9 Å². The van der Waals surface area contributed by atoms with E-state index in [2.05, 4.69) is 4.74 Å². The maximum absolute atomic E-state index is 11.4. The lowest BCUT2D eigenvalue weighted by atomic mass is 9.70. The van der Waals surface area contributed by atoms with Crippen LogP contribution in [0, 0.1) is 0 Å². The van der Waals surface area contributed by atoms with Crippen molar-refractivity contribution in [2.75, 3.05) is 0 Å². The summed E-state index contributed by atoms with van der Waals surface area (Å²) in [5.41, 5.74) is -1.81. The summed E-state index contributed by atoms with van der Waals surface area (Å²) in [6.07, 6.45) is 0. The minimum atomic E-state index is -2.49. The Balaban J connectivity index is 2.62. The van der Waals surface area contributed by atoms with Crippen molar-refractivity contribution >= 4 is 11.9 Å². The number of benzene rings is 1. The van der Waals surface area contributed by atoms with E-state index in [1.54, 1.807) is 18.2 Å². The normalized spacial score (nSPS) is 18.9. The summed E-state index contributed by atoms with van der Waals surface area (Å²) in [7, 11) is 0. The van der Waals surface area contributed by atoms with E-state index in [0.717, 1.165) is 6.92 Å². The standard InChI is InChI=1S/C11H10O5/c1-10(14,15)11(8(12)16-9(11)13)7-5-3-2-4-6-7/h2-6,14-15H,1H3. The van der Waals surface area contributed by atoms with Gasteiger partial charge in [0.1, 0.15) is 0 Å². The fourth-order valence-corrected chi connectivity index (χ4v) is 1.86. The molecule has 84 valence electrons. The SMILES string of the molecule is CC(O)(O)C1(c2ccccc2)C(=O)OC1=O. The van der Waals surface area contributed by atoms with E-state index < -0.39 is 23.1 Å². The van der Waals surface area contributed by atoms with Crippen molar-refractivity contribution in [1.29, 1.82) is 0 Å². The number of rotatable bonds is 2. The Morgan fingerprint density at radius 2 is 1.62 bits per heavy atom. The molecule has 0 bridgehead atoms. The largest absolute Gasteiger partial charge is 0.391 e. The van der Waals surface area contributed by atoms with Crippen LogP contribution in [0.2, 0.25) is 0 Å². The van der Waals surface area contributed by atoms with Gasteiger partial charge in [-0.3, -0.25) is 0 Å². The van der Waals surface area contributed by atoms with Crippen molar-refractivity contribution in [3.63, 3.8) is 0 Å². The van der Waals surface area contributed by atoms with Crippen molar-refractivity contribution in [2.24, 2.45) is 0 Å². The monoisotopic (exact) mass is 222 g/mol. The van der Waals surface area contributed by atoms with Crippen LogP contribution in [0.3, 0.4) is 0 Å². The fraction of sp³-hybridized carbons (Fsp3) is 0.273. The average molecular weight is 222 g/mol. The van der Waals surface area contributed by atoms with Crippen molar-refractivity contribution in [3.8, 4) is 0 Å². The first-order chi connectivity index (χ1) is 7.40. The van der Waals surface area contributed by atoms with Crippen LogP contribution in [-0.4, -0.2) is 27.9 Å². The smallest absolute Gasteiger partial charge is 0.341 e. The Bertz CT molecular complexity index is 429. The van der Waals surface area contributed by atoms with Crippen molar-refractivity contribution in [3.05, 3.63) is 35.9 Å². The topological polar surface area (TPSA) is 83.8 Å². The van der Waals surface area contributed by atoms with E-state index >= 15 is 0 Å². The molecule has 0 aliphatic carbocycles. The summed E-state index contributed by atoms with van der Waals surface area (Å²) in [6.45, 7) is 0.984. The summed E-state index contributed by atoms with van der Waals surface area (Å²) < 4.78 is 4.24. The highest BCUT2D eigenvalue weighted by atomic mass is 16.6. The highest BCUT2D eigenvalue weighted by molar-refractivity contribution is 6.20. The molecular weight excluding hydrogens is 212 g/mol. The number of cyclic esters (lactones) is 2. The Morgan fingerprint density at radius 1 is 1.12 bits per heavy atom. The number of esters is 2. The molecule has 1 aliphatic rings. The van der Waals surface area contributed by atoms with Gasteiger partial charge in [-0.25, -0.2) is 9.59 Å². The zero-order valence-corrected chi connectivity index (χ0v) is 8.51. The molecule has 0 unspecified atom stereocenters. The molecular formula is C11H10O5. The first kappa shape index (κ1) is 10.8. The first-order valence-corrected chi connectivity index (χ1v) is 4.67. The predicted molar refractivity (Wildman–Crippen MR) is 52.1 cm³/mol. The molecule has 16 heavy (non-hydrogen) atoms. The van der Waals surface area contributed by atoms with Crippen LogP contribution in [0.1, 0.15) is 12.5 Å². The lowest BCUT2D eigenvalue weighted by molar-refractivity contribution is -0.242. The molecule has 0 radical (unpaired) electrons. The van der Waals surface area contributed by atoms with Crippen LogP contribution in [0.5, 0.6) is 0 Å². The van der Waals surface area contributed by atoms with E-state index in [-0.39, 0.29) is 5.56 Å². The van der Waals surface area contributed by atoms with Crippen molar-refractivity contribution in [1.82, 2.24) is 0 Å². The number of carbonyl (C=O) groups excluding carboxylic acids is 2. The molecule has 0 aromatic heterocycles. The maximum Gasteiger partial charge on any atom is 0.341 e. The molecule has 5 heteroatoms. The molecule has 1 aliphatic heterocycles. The first-order valence-electron chi connectivity index (χ1n) is 4.67. The van der Waals surface area contributed by atoms with Crippen LogP contribution in [-0.2, 0) is 19.7 Å². The summed E-state index contributed by atoms with van der Waals surface area (Å²) in [4.78, 5) is 22.9. The number of aliphatic hydroxyl groups is 2. The summed E-state index contributed by atoms with van der Waals surface area (Å²) in [5, 5.41) is 19.2. The number of ether oxygens (including phenoxy) is 1. The maximum atomic E-state index is 11.4. The highest BCUT2D eigenvalue weighted by Gasteiger charge is 2.70. The Kier molecular flexibility index (Phi) is 2.11. The van der Waals surface area contributed by atoms with Crippen molar-refractivity contribution in [2.45, 2.75) is 18.1 Å². The Hall–Kier alpha value is -1.72. The lowest BCUT2D eigenvalue weighted by Gasteiger charge is -2.42. The quantitative estimate of drug-likeness (QED) is 0.408. The number of carbonyl (C=O) groups is 2. The highest BCUT2D eigenvalue weighted by Crippen LogP contribution is 2.42. The number of hydrogen-bond acceptors (Lipinski definition) is 5. The van der Waals surface area contributed by atoms with E-state index in [1.165, 1.54) is 12.1 Å². The third-order valence-electron chi connectivity index (χ3n) is 2.71. The van der Waals surface area contributed by atoms with Crippen molar-refractivity contribution < 1.29 is 24.5 Å². The molecule has 1 fully saturated rings. The van der Waals surface area contributed by atoms with Gasteiger partial charge in [0.15, 0.2) is 5.79 Å². The molecule has 0 spiro atoms. The van der Waals surface area contributed by atoms with Gasteiger partial charge in [-0.1, -0.05) is 30.3 Å². The van der Waals surface area contributed by atoms with Gasteiger partial charge < -0.3 is 14.9 Å². The summed E-state index contributed by atoms with van der Waals surface area (Å²) in [6, 6.07) is 7.84. The van der Waals surface area contributed by atoms with Crippen LogP contribution in [0.15, 0.2) is 30.3 Å². The van der Waals surface area contributed by atoms with Crippen LogP contribution < -0.4 is 0 Å². The zero-order chi connectivity index (χ0) is 12.0. The van der Waals surface area contributed by atoms with Crippen LogP contribution in [0.25, 0.3) is 0 Å². The van der Waals surface area contributed by atoms with E-state index in [9.17, 15) is 19.8 Å². The molecule has 1 heterocycles. The molecule has 0 atom stereocenters. The second-order valence-corrected chi connectivity index (χ2v) is 3.81. The van der Waals surface area contributed by atoms with Gasteiger partial charge in [0.05, 0.1) is 0 Å². The minimum Gasteiger partial charge on any atom is -0.391 e. The lowest BCUT2D eigenvalue weighted by Crippen LogP contribution is -2.68. The number of hydrogen-bond donors (Lipinski definition) is 2. The third kappa shape index (κ3) is 1.12. The predicted octanol–water partition coefficient (Wildman–Crippen LogP) is -0.291. The van der Waals surface area contributed by atoms with E-state index in [0.29, 0.717) is 0 Å². The molecule has 1 aromatic carbocycles. The van der Waals surface area contributed by atoms with Gasteiger partial charge in [-0.05, 0) is 12.5 Å². The van der Waals surface area contributed by atoms with Gasteiger partial charge in [0.25, 0.3) is 0 Å². The van der Waals surface area contributed by atoms with Gasteiger partial charge in [-0.2, -0.15) is 0 Å². The second kappa shape index (κ2) is 3.13. The molecule has 5 nitrogen and oxygen atoms in total. The third-order valence-corrected chi connectivity index (χ3v) is 2.71. The summed E-state index contributed by atoms with van der Waals surface area (Å²) >= 11 is 0. The van der Waals surface area contributed by atoms with Gasteiger partial charge in [0.2, 0.25) is 5.41 Å². The summed E-state index contributed by atoms with van der Waals surface area (Å²) in [5.74, 6) is -4.38. The molecule has 1 saturated heterocycles. The Labute approximate surface area is 91.3 Å². The van der Waals surface area contributed by atoms with Gasteiger partial charge in [-0.15, -0.1) is 0 Å². The molecule has 2 rings (SSSR count). The second-order valence-electron chi connectivity index (χ2n) is 3.81. The van der Waals surface area contributed by atoms with Gasteiger partial charge in [0, 0.05) is 0 Å². The average Bonchev–Trinajstić information content (AvgIpc) is 2.17. The van der Waals surface area contributed by atoms with Crippen LogP contribution in [0.4, 0.5) is 0 Å². The van der Waals surface area contributed by atoms with E-state index in [4.69, 9.17) is 0 Å². The minimum absolute atomic E-state index is 0.212. The zero-order valence-electron chi connectivity index (χ0n) is 8.51. The molecule has 0 saturated carbocycles. The fourth-order valence-electron chi connectivity index (χ4n) is 1.86. The van der Waals surface area contributed by atoms with E-state index in [1.807, 2.05) is 0 Å². The molecule has 2 N–H and O–H groups in total.